The van der Waals surface area contributed by atoms with E-state index in [1.54, 1.807) is 24.3 Å². The molecule has 1 aromatic rings. The summed E-state index contributed by atoms with van der Waals surface area (Å²) >= 11 is 0. The number of hydrogen-bond acceptors (Lipinski definition) is 6. The third-order valence-corrected chi connectivity index (χ3v) is 5.94. The van der Waals surface area contributed by atoms with Crippen LogP contribution in [-0.4, -0.2) is 11.4 Å². The molecule has 34 heavy (non-hydrogen) atoms. The molecular weight excluding hydrogens is 420 g/mol. The van der Waals surface area contributed by atoms with E-state index in [4.69, 9.17) is 9.98 Å². The van der Waals surface area contributed by atoms with Gasteiger partial charge in [-0.05, 0) is 85.4 Å². The molecule has 2 aliphatic rings. The number of nitrogens with zero attached hydrogens (tertiary/aromatic N) is 6. The molecule has 0 N–H and O–H groups in total. The highest BCUT2D eigenvalue weighted by Crippen LogP contribution is 2.35. The molecule has 0 spiro atoms. The fourth-order valence-electron chi connectivity index (χ4n) is 3.61. The lowest BCUT2D eigenvalue weighted by molar-refractivity contribution is 1.18. The van der Waals surface area contributed by atoms with Gasteiger partial charge in [0.15, 0.2) is 0 Å². The van der Waals surface area contributed by atoms with Crippen molar-refractivity contribution in [2.24, 2.45) is 9.98 Å². The Morgan fingerprint density at radius 2 is 1.29 bits per heavy atom. The number of aryl methyl sites for hydroxylation is 1. The highest BCUT2D eigenvalue weighted by atomic mass is 14.9. The van der Waals surface area contributed by atoms with Gasteiger partial charge in [-0.1, -0.05) is 13.2 Å². The molecule has 6 nitrogen and oxygen atoms in total. The molecule has 0 amide bonds. The largest absolute Gasteiger partial charge is 0.246 e. The first-order chi connectivity index (χ1) is 16.2. The number of rotatable bonds is 2. The van der Waals surface area contributed by atoms with Gasteiger partial charge < -0.3 is 0 Å². The van der Waals surface area contributed by atoms with Gasteiger partial charge in [0.2, 0.25) is 0 Å². The molecule has 0 saturated carbocycles. The maximum absolute atomic E-state index is 9.45. The number of hydrogen-bond donors (Lipinski definition) is 0. The summed E-state index contributed by atoms with van der Waals surface area (Å²) in [6.07, 6.45) is 3.09. The molecule has 0 atom stereocenters. The number of benzene rings is 1. The average molecular weight is 441 g/mol. The van der Waals surface area contributed by atoms with E-state index in [0.717, 1.165) is 22.3 Å². The van der Waals surface area contributed by atoms with Gasteiger partial charge in [0, 0.05) is 0 Å². The van der Waals surface area contributed by atoms with Crippen molar-refractivity contribution in [2.45, 2.75) is 27.7 Å². The normalized spacial score (nSPS) is 18.2. The molecule has 6 heteroatoms. The van der Waals surface area contributed by atoms with Crippen LogP contribution in [0.2, 0.25) is 0 Å². The van der Waals surface area contributed by atoms with Gasteiger partial charge in [-0.3, -0.25) is 0 Å². The molecule has 0 radical (unpaired) electrons. The Balaban J connectivity index is 2.29. The lowest BCUT2D eigenvalue weighted by atomic mass is 9.86. The first-order valence-electron chi connectivity index (χ1n) is 10.3. The second-order valence-electron chi connectivity index (χ2n) is 7.93. The van der Waals surface area contributed by atoms with E-state index in [0.29, 0.717) is 39.5 Å². The molecule has 2 aliphatic carbocycles. The van der Waals surface area contributed by atoms with Gasteiger partial charge >= 0.3 is 0 Å². The molecule has 0 bridgehead atoms. The Bertz CT molecular complexity index is 1540. The number of nitriles is 4. The lowest BCUT2D eigenvalue weighted by Gasteiger charge is -2.24. The maximum atomic E-state index is 9.45. The van der Waals surface area contributed by atoms with Gasteiger partial charge in [0.25, 0.3) is 0 Å². The van der Waals surface area contributed by atoms with Gasteiger partial charge in [-0.2, -0.15) is 21.0 Å². The van der Waals surface area contributed by atoms with Crippen molar-refractivity contribution < 1.29 is 0 Å². The van der Waals surface area contributed by atoms with E-state index in [1.807, 2.05) is 52.0 Å². The van der Waals surface area contributed by atoms with Crippen molar-refractivity contribution in [1.29, 1.82) is 21.0 Å². The summed E-state index contributed by atoms with van der Waals surface area (Å²) in [5.41, 5.74) is 7.85. The molecule has 0 heterocycles. The van der Waals surface area contributed by atoms with E-state index in [-0.39, 0.29) is 16.7 Å². The fraction of sp³-hybridized carbons (Fsp3) is 0.143. The lowest BCUT2D eigenvalue weighted by Crippen LogP contribution is -2.17. The van der Waals surface area contributed by atoms with Crippen molar-refractivity contribution in [3.05, 3.63) is 98.8 Å². The molecule has 0 unspecified atom stereocenters. The van der Waals surface area contributed by atoms with E-state index < -0.39 is 0 Å². The smallest absolute Gasteiger partial charge is 0.101 e. The van der Waals surface area contributed by atoms with Crippen LogP contribution in [0.15, 0.2) is 92.1 Å². The zero-order valence-electron chi connectivity index (χ0n) is 19.4. The highest BCUT2D eigenvalue weighted by molar-refractivity contribution is 6.21. The Hall–Kier alpha value is -5.04. The fourth-order valence-corrected chi connectivity index (χ4v) is 3.61. The van der Waals surface area contributed by atoms with Crippen LogP contribution < -0.4 is 0 Å². The quantitative estimate of drug-likeness (QED) is 0.568. The summed E-state index contributed by atoms with van der Waals surface area (Å²) in [5, 5.41) is 37.5. The average Bonchev–Trinajstić information content (AvgIpc) is 2.84. The standard InChI is InChI=1S/C28H20N6/c1-15-7-21(11-29)23(13-31)9-25(15)33-27-19(5)17(3)18(4)20(6)28(27)34-26-10-24(14-32)22(12-30)8-16(26)2/h7-10H,1,6H2,2-5H3. The van der Waals surface area contributed by atoms with Crippen LogP contribution in [0.4, 0.5) is 5.69 Å². The minimum Gasteiger partial charge on any atom is -0.246 e. The van der Waals surface area contributed by atoms with Crippen LogP contribution in [0, 0.1) is 52.2 Å². The molecule has 0 aliphatic heterocycles. The van der Waals surface area contributed by atoms with Crippen LogP contribution in [0.5, 0.6) is 0 Å². The van der Waals surface area contributed by atoms with Crippen molar-refractivity contribution in [2.75, 3.05) is 0 Å². The SMILES string of the molecule is C=C1C=C(C#N)C(C#N)=CC1=NC1=C(C)C(C)=C(C)C(=C)C1=Nc1cc(C#N)c(C#N)cc1C. The Kier molecular flexibility index (Phi) is 6.40. The topological polar surface area (TPSA) is 120 Å². The summed E-state index contributed by atoms with van der Waals surface area (Å²) in [4.78, 5) is 9.65. The van der Waals surface area contributed by atoms with Crippen LogP contribution in [0.1, 0.15) is 37.5 Å². The van der Waals surface area contributed by atoms with Gasteiger partial charge in [-0.25, -0.2) is 9.98 Å². The molecular formula is C28H20N6. The molecule has 1 aromatic carbocycles. The highest BCUT2D eigenvalue weighted by Gasteiger charge is 2.25. The van der Waals surface area contributed by atoms with Gasteiger partial charge in [-0.15, -0.1) is 0 Å². The summed E-state index contributed by atoms with van der Waals surface area (Å²) in [7, 11) is 0. The van der Waals surface area contributed by atoms with E-state index in [9.17, 15) is 21.0 Å². The molecule has 0 aromatic heterocycles. The summed E-state index contributed by atoms with van der Waals surface area (Å²) in [5.74, 6) is 0. The zero-order valence-corrected chi connectivity index (χ0v) is 19.4. The Morgan fingerprint density at radius 3 is 1.88 bits per heavy atom. The summed E-state index contributed by atoms with van der Waals surface area (Å²) in [6, 6.07) is 11.3. The molecule has 0 fully saturated rings. The summed E-state index contributed by atoms with van der Waals surface area (Å²) < 4.78 is 0. The van der Waals surface area contributed by atoms with Crippen molar-refractivity contribution >= 4 is 17.1 Å². The first-order valence-corrected chi connectivity index (χ1v) is 10.3. The number of allylic oxidation sites excluding steroid dienone is 9. The number of aliphatic imine (C=N–C) groups is 2. The van der Waals surface area contributed by atoms with Crippen LogP contribution in [0.3, 0.4) is 0 Å². The van der Waals surface area contributed by atoms with Crippen molar-refractivity contribution in [1.82, 2.24) is 0 Å². The van der Waals surface area contributed by atoms with Crippen molar-refractivity contribution in [3.8, 4) is 24.3 Å². The molecule has 0 saturated heterocycles. The van der Waals surface area contributed by atoms with E-state index in [1.165, 1.54) is 0 Å². The van der Waals surface area contributed by atoms with Crippen LogP contribution in [0.25, 0.3) is 0 Å². The minimum absolute atomic E-state index is 0.213. The Labute approximate surface area is 199 Å². The monoisotopic (exact) mass is 440 g/mol. The predicted molar refractivity (Wildman–Crippen MR) is 132 cm³/mol. The van der Waals surface area contributed by atoms with Crippen molar-refractivity contribution in [3.63, 3.8) is 0 Å². The van der Waals surface area contributed by atoms with Gasteiger partial charge in [0.1, 0.15) is 24.3 Å². The van der Waals surface area contributed by atoms with E-state index in [2.05, 4.69) is 13.2 Å². The van der Waals surface area contributed by atoms with E-state index >= 15 is 0 Å². The Morgan fingerprint density at radius 1 is 0.706 bits per heavy atom. The predicted octanol–water partition coefficient (Wildman–Crippen LogP) is 5.90. The maximum Gasteiger partial charge on any atom is 0.101 e. The second kappa shape index (κ2) is 9.22. The summed E-state index contributed by atoms with van der Waals surface area (Å²) in [6.45, 7) is 15.9. The zero-order chi connectivity index (χ0) is 25.2. The van der Waals surface area contributed by atoms with Gasteiger partial charge in [0.05, 0.1) is 45.1 Å². The van der Waals surface area contributed by atoms with Crippen LogP contribution in [-0.2, 0) is 0 Å². The van der Waals surface area contributed by atoms with Crippen LogP contribution >= 0.6 is 0 Å². The first kappa shape index (κ1) is 23.6. The minimum atomic E-state index is 0.213. The molecule has 162 valence electrons. The third-order valence-electron chi connectivity index (χ3n) is 5.94. The third kappa shape index (κ3) is 4.05. The second-order valence-corrected chi connectivity index (χ2v) is 7.93. The molecule has 3 rings (SSSR count).